The lowest BCUT2D eigenvalue weighted by atomic mass is 10.1. The fraction of sp³-hybridized carbons (Fsp3) is 0.0909. The van der Waals surface area contributed by atoms with Crippen LogP contribution in [0.1, 0.15) is 12.0 Å². The molecule has 0 amide bonds. The van der Waals surface area contributed by atoms with E-state index in [0.717, 1.165) is 6.08 Å². The van der Waals surface area contributed by atoms with Crippen LogP contribution in [0.4, 0.5) is 5.69 Å². The first-order valence-corrected chi connectivity index (χ1v) is 5.14. The van der Waals surface area contributed by atoms with Gasteiger partial charge in [0.15, 0.2) is 5.78 Å². The molecule has 0 heterocycles. The van der Waals surface area contributed by atoms with Crippen molar-refractivity contribution in [1.82, 2.24) is 0 Å². The summed E-state index contributed by atoms with van der Waals surface area (Å²) >= 11 is 5.79. The Balaban J connectivity index is 2.93. The van der Waals surface area contributed by atoms with Crippen molar-refractivity contribution in [3.05, 3.63) is 45.0 Å². The number of nitro benzene ring substituents is 1. The summed E-state index contributed by atoms with van der Waals surface area (Å²) in [6.07, 6.45) is 1.64. The quantitative estimate of drug-likeness (QED) is 0.383. The highest BCUT2D eigenvalue weighted by Gasteiger charge is 2.09. The molecule has 0 fully saturated rings. The fourth-order valence-corrected chi connectivity index (χ4v) is 1.34. The molecule has 0 aliphatic rings. The van der Waals surface area contributed by atoms with Crippen LogP contribution in [0.15, 0.2) is 24.3 Å². The van der Waals surface area contributed by atoms with Crippen LogP contribution < -0.4 is 0 Å². The minimum Gasteiger partial charge on any atom is -0.481 e. The van der Waals surface area contributed by atoms with Gasteiger partial charge in [-0.25, -0.2) is 0 Å². The molecule has 0 spiro atoms. The van der Waals surface area contributed by atoms with Crippen molar-refractivity contribution in [2.45, 2.75) is 6.42 Å². The van der Waals surface area contributed by atoms with Gasteiger partial charge in [0, 0.05) is 17.2 Å². The fourth-order valence-electron chi connectivity index (χ4n) is 1.16. The topological polar surface area (TPSA) is 97.5 Å². The maximum atomic E-state index is 11.1. The molecule has 0 aliphatic heterocycles. The molecule has 6 nitrogen and oxygen atoms in total. The highest BCUT2D eigenvalue weighted by Crippen LogP contribution is 2.23. The van der Waals surface area contributed by atoms with Crippen molar-refractivity contribution in [2.24, 2.45) is 0 Å². The first-order valence-electron chi connectivity index (χ1n) is 4.77. The zero-order valence-corrected chi connectivity index (χ0v) is 9.76. The van der Waals surface area contributed by atoms with Crippen LogP contribution >= 0.6 is 11.6 Å². The normalized spacial score (nSPS) is 10.5. The largest absolute Gasteiger partial charge is 0.481 e. The number of nitro groups is 1. The molecule has 0 unspecified atom stereocenters. The van der Waals surface area contributed by atoms with Crippen LogP contribution in [0.3, 0.4) is 0 Å². The Kier molecular flexibility index (Phi) is 4.56. The number of nitrogens with zero attached hydrogens (tertiary/aromatic N) is 1. The average Bonchev–Trinajstić information content (AvgIpc) is 2.26. The van der Waals surface area contributed by atoms with E-state index in [0.29, 0.717) is 0 Å². The first kappa shape index (κ1) is 13.9. The predicted octanol–water partition coefficient (Wildman–Crippen LogP) is 2.31. The van der Waals surface area contributed by atoms with Gasteiger partial charge in [-0.3, -0.25) is 19.7 Å². The van der Waals surface area contributed by atoms with E-state index in [-0.39, 0.29) is 16.3 Å². The number of carbonyl (C=O) groups is 2. The number of carboxylic acid groups (broad SMARTS) is 1. The number of ketones is 1. The van der Waals surface area contributed by atoms with Crippen molar-refractivity contribution in [2.75, 3.05) is 0 Å². The monoisotopic (exact) mass is 269 g/mol. The molecular formula is C11H8ClNO5. The number of halogens is 1. The van der Waals surface area contributed by atoms with Crippen LogP contribution in [-0.4, -0.2) is 21.8 Å². The highest BCUT2D eigenvalue weighted by molar-refractivity contribution is 6.32. The van der Waals surface area contributed by atoms with E-state index < -0.39 is 23.1 Å². The summed E-state index contributed by atoms with van der Waals surface area (Å²) in [6, 6.07) is 3.77. The Hall–Kier alpha value is -2.21. The summed E-state index contributed by atoms with van der Waals surface area (Å²) in [5.41, 5.74) is 0.120. The van der Waals surface area contributed by atoms with Gasteiger partial charge in [-0.1, -0.05) is 11.6 Å². The van der Waals surface area contributed by atoms with Crippen LogP contribution in [0.5, 0.6) is 0 Å². The number of hydrogen-bond donors (Lipinski definition) is 1. The van der Waals surface area contributed by atoms with Gasteiger partial charge in [0.2, 0.25) is 0 Å². The van der Waals surface area contributed by atoms with E-state index in [1.54, 1.807) is 0 Å². The third-order valence-corrected chi connectivity index (χ3v) is 2.31. The summed E-state index contributed by atoms with van der Waals surface area (Å²) in [7, 11) is 0. The number of rotatable bonds is 5. The SMILES string of the molecule is O=C(O)CC(=O)C=Cc1cc([N+](=O)[O-])ccc1Cl. The summed E-state index contributed by atoms with van der Waals surface area (Å²) in [5, 5.41) is 19.2. The lowest BCUT2D eigenvalue weighted by Gasteiger charge is -1.98. The smallest absolute Gasteiger partial charge is 0.311 e. The third-order valence-electron chi connectivity index (χ3n) is 1.96. The Morgan fingerprint density at radius 3 is 2.67 bits per heavy atom. The molecule has 94 valence electrons. The number of non-ortho nitro benzene ring substituents is 1. The second kappa shape index (κ2) is 5.92. The second-order valence-electron chi connectivity index (χ2n) is 3.33. The van der Waals surface area contributed by atoms with Crippen LogP contribution in [0, 0.1) is 10.1 Å². The Morgan fingerprint density at radius 1 is 1.44 bits per heavy atom. The van der Waals surface area contributed by atoms with E-state index >= 15 is 0 Å². The second-order valence-corrected chi connectivity index (χ2v) is 3.74. The maximum absolute atomic E-state index is 11.1. The van der Waals surface area contributed by atoms with Gasteiger partial charge in [-0.2, -0.15) is 0 Å². The average molecular weight is 270 g/mol. The number of benzene rings is 1. The molecule has 7 heteroatoms. The van der Waals surface area contributed by atoms with Gasteiger partial charge in [0.25, 0.3) is 5.69 Å². The summed E-state index contributed by atoms with van der Waals surface area (Å²) < 4.78 is 0. The summed E-state index contributed by atoms with van der Waals surface area (Å²) in [5.74, 6) is -1.86. The van der Waals surface area contributed by atoms with Crippen LogP contribution in [0.2, 0.25) is 5.02 Å². The molecule has 0 saturated heterocycles. The van der Waals surface area contributed by atoms with Gasteiger partial charge in [-0.15, -0.1) is 0 Å². The molecule has 0 aromatic heterocycles. The van der Waals surface area contributed by atoms with Gasteiger partial charge < -0.3 is 5.11 Å². The van der Waals surface area contributed by atoms with Crippen LogP contribution in [-0.2, 0) is 9.59 Å². The number of carbonyl (C=O) groups excluding carboxylic acids is 1. The number of allylic oxidation sites excluding steroid dienone is 1. The molecule has 0 atom stereocenters. The molecule has 1 N–H and O–H groups in total. The van der Waals surface area contributed by atoms with E-state index in [9.17, 15) is 19.7 Å². The molecule has 0 saturated carbocycles. The van der Waals surface area contributed by atoms with Gasteiger partial charge in [0.05, 0.1) is 4.92 Å². The number of hydrogen-bond acceptors (Lipinski definition) is 4. The molecule has 1 rings (SSSR count). The summed E-state index contributed by atoms with van der Waals surface area (Å²) in [4.78, 5) is 31.3. The third kappa shape index (κ3) is 3.99. The van der Waals surface area contributed by atoms with Gasteiger partial charge in [-0.05, 0) is 23.8 Å². The van der Waals surface area contributed by atoms with Crippen LogP contribution in [0.25, 0.3) is 6.08 Å². The Bertz CT molecular complexity index is 538. The van der Waals surface area contributed by atoms with Crippen molar-refractivity contribution >= 4 is 35.1 Å². The standard InChI is InChI=1S/C11H8ClNO5/c12-10-4-2-8(13(17)18)5-7(10)1-3-9(14)6-11(15)16/h1-5H,6H2,(H,15,16). The zero-order valence-electron chi connectivity index (χ0n) is 9.00. The minimum absolute atomic E-state index is 0.162. The lowest BCUT2D eigenvalue weighted by molar-refractivity contribution is -0.384. The van der Waals surface area contributed by atoms with Crippen molar-refractivity contribution in [3.63, 3.8) is 0 Å². The Labute approximate surface area is 107 Å². The maximum Gasteiger partial charge on any atom is 0.311 e. The molecule has 0 aliphatic carbocycles. The molecular weight excluding hydrogens is 262 g/mol. The molecule has 0 radical (unpaired) electrons. The van der Waals surface area contributed by atoms with E-state index in [1.807, 2.05) is 0 Å². The number of carboxylic acids is 1. The lowest BCUT2D eigenvalue weighted by Crippen LogP contribution is -2.02. The highest BCUT2D eigenvalue weighted by atomic mass is 35.5. The van der Waals surface area contributed by atoms with Gasteiger partial charge in [0.1, 0.15) is 6.42 Å². The van der Waals surface area contributed by atoms with Crippen molar-refractivity contribution in [3.8, 4) is 0 Å². The molecule has 1 aromatic rings. The van der Waals surface area contributed by atoms with E-state index in [4.69, 9.17) is 16.7 Å². The summed E-state index contributed by atoms with van der Waals surface area (Å²) in [6.45, 7) is 0. The molecule has 18 heavy (non-hydrogen) atoms. The van der Waals surface area contributed by atoms with E-state index in [1.165, 1.54) is 24.3 Å². The minimum atomic E-state index is -1.24. The molecule has 1 aromatic carbocycles. The van der Waals surface area contributed by atoms with E-state index in [2.05, 4.69) is 0 Å². The van der Waals surface area contributed by atoms with Crippen molar-refractivity contribution in [1.29, 1.82) is 0 Å². The van der Waals surface area contributed by atoms with Crippen molar-refractivity contribution < 1.29 is 19.6 Å². The predicted molar refractivity (Wildman–Crippen MR) is 64.4 cm³/mol. The molecule has 0 bridgehead atoms. The first-order chi connectivity index (χ1) is 8.40. The Morgan fingerprint density at radius 2 is 2.11 bits per heavy atom. The number of aliphatic carboxylic acids is 1. The zero-order chi connectivity index (χ0) is 13.7. The van der Waals surface area contributed by atoms with Gasteiger partial charge >= 0.3 is 5.97 Å².